The summed E-state index contributed by atoms with van der Waals surface area (Å²) in [5, 5.41) is 11.7. The predicted octanol–water partition coefficient (Wildman–Crippen LogP) is 5.37. The number of rotatable bonds is 8. The second-order valence-corrected chi connectivity index (χ2v) is 14.5. The van der Waals surface area contributed by atoms with E-state index in [2.05, 4.69) is 34.6 Å². The van der Waals surface area contributed by atoms with E-state index in [-0.39, 0.29) is 17.4 Å². The van der Waals surface area contributed by atoms with Gasteiger partial charge in [0.25, 0.3) is 0 Å². The Labute approximate surface area is 266 Å². The lowest BCUT2D eigenvalue weighted by atomic mass is 9.86. The van der Waals surface area contributed by atoms with Gasteiger partial charge in [-0.05, 0) is 89.0 Å². The normalized spacial score (nSPS) is 17.7. The fraction of sp³-hybridized carbons (Fsp3) is 0.455. The Hall–Kier alpha value is -4.03. The molecular weight excluding hydrogens is 588 g/mol. The predicted molar refractivity (Wildman–Crippen MR) is 178 cm³/mol. The number of hydrogen-bond acceptors (Lipinski definition) is 9. The number of para-hydroxylation sites is 1. The first-order chi connectivity index (χ1) is 21.5. The molecule has 2 N–H and O–H groups in total. The highest BCUT2D eigenvalue weighted by Crippen LogP contribution is 2.45. The number of hydrogen-bond donors (Lipinski definition) is 2. The van der Waals surface area contributed by atoms with Crippen molar-refractivity contribution in [2.75, 3.05) is 43.9 Å². The Morgan fingerprint density at radius 1 is 1.16 bits per heavy atom. The highest BCUT2D eigenvalue weighted by atomic mass is 32.2. The smallest absolute Gasteiger partial charge is 0.237 e. The van der Waals surface area contributed by atoms with Crippen molar-refractivity contribution in [3.63, 3.8) is 0 Å². The van der Waals surface area contributed by atoms with Crippen LogP contribution in [0.25, 0.3) is 11.0 Å². The summed E-state index contributed by atoms with van der Waals surface area (Å²) < 4.78 is 19.5. The number of amides is 1. The van der Waals surface area contributed by atoms with Gasteiger partial charge in [-0.3, -0.25) is 19.0 Å². The minimum Gasteiger partial charge on any atom is -0.468 e. The van der Waals surface area contributed by atoms with E-state index in [1.54, 1.807) is 0 Å². The minimum absolute atomic E-state index is 0.0325. The number of likely N-dealkylation sites (N-methyl/N-ethyl adjacent to an activating group) is 1. The number of carbonyl (C=O) groups is 1. The van der Waals surface area contributed by atoms with E-state index in [0.29, 0.717) is 29.9 Å². The molecule has 45 heavy (non-hydrogen) atoms. The molecule has 238 valence electrons. The van der Waals surface area contributed by atoms with E-state index in [0.717, 1.165) is 59.0 Å². The zero-order chi connectivity index (χ0) is 32.0. The summed E-state index contributed by atoms with van der Waals surface area (Å²) in [6.45, 7) is 11.9. The van der Waals surface area contributed by atoms with Crippen LogP contribution in [-0.4, -0.2) is 85.3 Å². The number of nitrogens with zero attached hydrogens (tertiary/aromatic N) is 6. The van der Waals surface area contributed by atoms with Crippen LogP contribution in [0.2, 0.25) is 0 Å². The molecule has 0 aliphatic carbocycles. The molecule has 2 atom stereocenters. The van der Waals surface area contributed by atoms with E-state index < -0.39 is 10.8 Å². The third-order valence-corrected chi connectivity index (χ3v) is 10.2. The summed E-state index contributed by atoms with van der Waals surface area (Å²) >= 11 is 0. The van der Waals surface area contributed by atoms with Gasteiger partial charge in [0.05, 0.1) is 39.0 Å². The van der Waals surface area contributed by atoms with Crippen molar-refractivity contribution in [3.8, 4) is 5.75 Å². The summed E-state index contributed by atoms with van der Waals surface area (Å²) in [6.07, 6.45) is 1.51. The monoisotopic (exact) mass is 630 g/mol. The van der Waals surface area contributed by atoms with Crippen LogP contribution >= 0.6 is 0 Å². The van der Waals surface area contributed by atoms with Crippen LogP contribution in [0.3, 0.4) is 0 Å². The Bertz CT molecular complexity index is 1760. The van der Waals surface area contributed by atoms with Gasteiger partial charge < -0.3 is 19.9 Å². The van der Waals surface area contributed by atoms with Crippen LogP contribution < -0.4 is 15.0 Å². The number of H-pyrrole nitrogens is 1. The Kier molecular flexibility index (Phi) is 8.53. The quantitative estimate of drug-likeness (QED) is 0.265. The van der Waals surface area contributed by atoms with Gasteiger partial charge in [-0.1, -0.05) is 26.0 Å². The molecule has 2 aliphatic heterocycles. The molecule has 1 amide bonds. The molecule has 1 saturated heterocycles. The van der Waals surface area contributed by atoms with Crippen molar-refractivity contribution in [2.24, 2.45) is 0 Å². The number of ether oxygens (including phenoxy) is 1. The van der Waals surface area contributed by atoms with Crippen LogP contribution in [0.15, 0.2) is 41.3 Å². The van der Waals surface area contributed by atoms with E-state index in [9.17, 15) is 9.00 Å². The molecule has 2 aliphatic rings. The van der Waals surface area contributed by atoms with Gasteiger partial charge in [-0.2, -0.15) is 15.1 Å². The van der Waals surface area contributed by atoms with Crippen molar-refractivity contribution in [3.05, 3.63) is 53.2 Å². The Morgan fingerprint density at radius 2 is 1.89 bits per heavy atom. The molecule has 0 bridgehead atoms. The lowest BCUT2D eigenvalue weighted by molar-refractivity contribution is -0.132. The minimum atomic E-state index is -1.19. The highest BCUT2D eigenvalue weighted by molar-refractivity contribution is 7.85. The van der Waals surface area contributed by atoms with E-state index in [4.69, 9.17) is 14.7 Å². The van der Waals surface area contributed by atoms with Crippen LogP contribution in [0.4, 0.5) is 23.1 Å². The number of aryl methyl sites for hydroxylation is 2. The van der Waals surface area contributed by atoms with E-state index in [1.165, 1.54) is 11.1 Å². The number of aromatic amines is 1. The van der Waals surface area contributed by atoms with Gasteiger partial charge in [-0.25, -0.2) is 0 Å². The summed E-state index contributed by atoms with van der Waals surface area (Å²) in [4.78, 5) is 29.1. The molecule has 2 aromatic heterocycles. The Balaban J connectivity index is 1.31. The molecule has 1 fully saturated rings. The lowest BCUT2D eigenvalue weighted by Gasteiger charge is -2.33. The van der Waals surface area contributed by atoms with Crippen LogP contribution in [0, 0.1) is 13.8 Å². The van der Waals surface area contributed by atoms with Gasteiger partial charge in [0.1, 0.15) is 11.6 Å². The molecule has 0 saturated carbocycles. The fourth-order valence-electron chi connectivity index (χ4n) is 6.31. The average molecular weight is 631 g/mol. The fourth-order valence-corrected chi connectivity index (χ4v) is 7.36. The van der Waals surface area contributed by atoms with Gasteiger partial charge in [-0.15, -0.1) is 0 Å². The number of piperidine rings is 1. The maximum atomic E-state index is 13.1. The summed E-state index contributed by atoms with van der Waals surface area (Å²) in [5.74, 6) is 2.39. The van der Waals surface area contributed by atoms with Crippen molar-refractivity contribution in [1.82, 2.24) is 30.0 Å². The molecule has 2 aromatic carbocycles. The molecule has 6 rings (SSSR count). The van der Waals surface area contributed by atoms with Gasteiger partial charge in [0.2, 0.25) is 11.9 Å². The number of benzene rings is 2. The summed E-state index contributed by atoms with van der Waals surface area (Å²) in [6, 6.07) is 12.0. The molecule has 2 unspecified atom stereocenters. The molecule has 12 heteroatoms. The number of aromatic nitrogens is 4. The zero-order valence-corrected chi connectivity index (χ0v) is 27.9. The second-order valence-electron chi connectivity index (χ2n) is 12.5. The SMILES string of the molecule is Cc1cc2c(cc1C1CCN(C(=O)CN(C)C)CC1)OC(C)N2c1nc(Nc2ccccc2S(=O)C(C)C)c2c(C)[nH]nc2n1. The van der Waals surface area contributed by atoms with Gasteiger partial charge >= 0.3 is 0 Å². The maximum Gasteiger partial charge on any atom is 0.237 e. The highest BCUT2D eigenvalue weighted by Gasteiger charge is 2.34. The number of anilines is 4. The topological polar surface area (TPSA) is 120 Å². The second kappa shape index (κ2) is 12.4. The lowest BCUT2D eigenvalue weighted by Crippen LogP contribution is -2.42. The molecule has 11 nitrogen and oxygen atoms in total. The van der Waals surface area contributed by atoms with Crippen LogP contribution in [0.1, 0.15) is 56.4 Å². The van der Waals surface area contributed by atoms with Crippen LogP contribution in [0.5, 0.6) is 5.75 Å². The number of fused-ring (bicyclic) bond motifs is 2. The average Bonchev–Trinajstić information content (AvgIpc) is 3.54. The van der Waals surface area contributed by atoms with Crippen molar-refractivity contribution < 1.29 is 13.7 Å². The molecule has 0 spiro atoms. The van der Waals surface area contributed by atoms with E-state index in [1.807, 2.05) is 80.8 Å². The first-order valence-corrected chi connectivity index (χ1v) is 16.8. The maximum absolute atomic E-state index is 13.1. The molecular formula is C33H42N8O3S. The first kappa shape index (κ1) is 31.0. The van der Waals surface area contributed by atoms with Crippen LogP contribution in [-0.2, 0) is 15.6 Å². The standard InChI is InChI=1S/C33H42N8O3S/c1-19(2)45(43)28-11-9-8-10-25(28)34-31-30-21(4)37-38-32(30)36-33(35-31)41-22(5)44-27-17-24(20(3)16-26(27)41)23-12-14-40(15-13-23)29(42)18-39(6)7/h8-11,16-17,19,22-23H,12-15,18H2,1-7H3,(H2,34,35,36,37,38). The van der Waals surface area contributed by atoms with Crippen molar-refractivity contribution >= 4 is 50.9 Å². The summed E-state index contributed by atoms with van der Waals surface area (Å²) in [5.41, 5.74) is 5.45. The van der Waals surface area contributed by atoms with E-state index >= 15 is 0 Å². The van der Waals surface area contributed by atoms with Crippen molar-refractivity contribution in [1.29, 1.82) is 0 Å². The third kappa shape index (κ3) is 6.00. The number of likely N-dealkylation sites (tertiary alicyclic amines) is 1. The Morgan fingerprint density at radius 3 is 2.60 bits per heavy atom. The number of nitrogens with one attached hydrogen (secondary N) is 2. The summed E-state index contributed by atoms with van der Waals surface area (Å²) in [7, 11) is 2.66. The number of carbonyl (C=O) groups excluding carboxylic acids is 1. The molecule has 4 heterocycles. The molecule has 0 radical (unpaired) electrons. The third-order valence-electron chi connectivity index (χ3n) is 8.59. The van der Waals surface area contributed by atoms with Crippen molar-refractivity contribution in [2.45, 2.75) is 69.8 Å². The molecule has 4 aromatic rings. The first-order valence-electron chi connectivity index (χ1n) is 15.5. The zero-order valence-electron chi connectivity index (χ0n) is 27.0. The largest absolute Gasteiger partial charge is 0.468 e. The van der Waals surface area contributed by atoms with Gasteiger partial charge in [0.15, 0.2) is 11.9 Å². The van der Waals surface area contributed by atoms with Gasteiger partial charge in [0, 0.05) is 24.0 Å².